The molecule has 0 radical (unpaired) electrons. The second-order valence-corrected chi connectivity index (χ2v) is 2.94. The number of hydrogen-bond donors (Lipinski definition) is 2. The van der Waals surface area contributed by atoms with E-state index in [1.807, 2.05) is 0 Å². The molecule has 0 aromatic heterocycles. The van der Waals surface area contributed by atoms with E-state index in [0.717, 1.165) is 0 Å². The number of hydrogen-bond acceptors (Lipinski definition) is 5. The van der Waals surface area contributed by atoms with Crippen molar-refractivity contribution < 1.29 is 9.66 Å². The number of nitrogens with two attached hydrogens (primary N) is 1. The van der Waals surface area contributed by atoms with E-state index in [1.165, 1.54) is 18.2 Å². The third-order valence-electron chi connectivity index (χ3n) is 1.79. The van der Waals surface area contributed by atoms with Gasteiger partial charge in [-0.15, -0.1) is 0 Å². The average Bonchev–Trinajstić information content (AvgIpc) is 2.18. The Morgan fingerprint density at radius 1 is 1.60 bits per heavy atom. The van der Waals surface area contributed by atoms with Crippen molar-refractivity contribution in [2.45, 2.75) is 0 Å². The van der Waals surface area contributed by atoms with E-state index in [4.69, 9.17) is 10.5 Å². The zero-order valence-corrected chi connectivity index (χ0v) is 8.40. The predicted octanol–water partition coefficient (Wildman–Crippen LogP) is 0.775. The highest BCUT2D eigenvalue weighted by Gasteiger charge is 2.14. The normalized spacial score (nSPS) is 9.93. The summed E-state index contributed by atoms with van der Waals surface area (Å²) in [7, 11) is 1.77. The van der Waals surface area contributed by atoms with Crippen LogP contribution in [0.15, 0.2) is 18.2 Å². The summed E-state index contributed by atoms with van der Waals surface area (Å²) in [6, 6.07) is 4.26. The molecule has 6 heteroatoms. The molecule has 0 aliphatic carbocycles. The molecule has 0 bridgehead atoms. The predicted molar refractivity (Wildman–Crippen MR) is 56.9 cm³/mol. The summed E-state index contributed by atoms with van der Waals surface area (Å²) in [5, 5.41) is 13.5. The summed E-state index contributed by atoms with van der Waals surface area (Å²) < 4.78 is 5.24. The van der Waals surface area contributed by atoms with E-state index >= 15 is 0 Å². The van der Waals surface area contributed by atoms with E-state index in [-0.39, 0.29) is 11.4 Å². The lowest BCUT2D eigenvalue weighted by Crippen LogP contribution is -2.16. The summed E-state index contributed by atoms with van der Waals surface area (Å²) in [6.07, 6.45) is 0. The maximum absolute atomic E-state index is 10.6. The minimum absolute atomic E-state index is 0.0692. The van der Waals surface area contributed by atoms with Gasteiger partial charge in [-0.3, -0.25) is 10.1 Å². The molecule has 1 aromatic carbocycles. The van der Waals surface area contributed by atoms with Crippen LogP contribution in [-0.2, 0) is 0 Å². The van der Waals surface area contributed by atoms with Crippen LogP contribution < -0.4 is 15.8 Å². The first-order valence-electron chi connectivity index (χ1n) is 4.46. The van der Waals surface area contributed by atoms with Crippen LogP contribution >= 0.6 is 0 Å². The Balaban J connectivity index is 2.82. The van der Waals surface area contributed by atoms with Gasteiger partial charge in [-0.1, -0.05) is 0 Å². The van der Waals surface area contributed by atoms with Crippen LogP contribution in [0.4, 0.5) is 11.4 Å². The molecule has 0 heterocycles. The van der Waals surface area contributed by atoms with Crippen LogP contribution in [0.25, 0.3) is 0 Å². The topological polar surface area (TPSA) is 90.4 Å². The van der Waals surface area contributed by atoms with Crippen molar-refractivity contribution in [3.63, 3.8) is 0 Å². The van der Waals surface area contributed by atoms with E-state index in [1.54, 1.807) is 7.05 Å². The monoisotopic (exact) mass is 211 g/mol. The lowest BCUT2D eigenvalue weighted by atomic mass is 10.2. The minimum Gasteiger partial charge on any atom is -0.485 e. The number of nitro groups is 1. The summed E-state index contributed by atoms with van der Waals surface area (Å²) in [5.74, 6) is 0.204. The number of ether oxygens (including phenoxy) is 1. The summed E-state index contributed by atoms with van der Waals surface area (Å²) in [4.78, 5) is 10.1. The lowest BCUT2D eigenvalue weighted by molar-refractivity contribution is -0.385. The Morgan fingerprint density at radius 2 is 2.33 bits per heavy atom. The van der Waals surface area contributed by atoms with Gasteiger partial charge in [-0.05, 0) is 13.1 Å². The molecular weight excluding hydrogens is 198 g/mol. The Labute approximate surface area is 87.2 Å². The van der Waals surface area contributed by atoms with Gasteiger partial charge >= 0.3 is 5.69 Å². The van der Waals surface area contributed by atoms with E-state index in [0.29, 0.717) is 18.8 Å². The van der Waals surface area contributed by atoms with Gasteiger partial charge in [0.15, 0.2) is 5.75 Å². The fraction of sp³-hybridized carbons (Fsp3) is 0.333. The third-order valence-corrected chi connectivity index (χ3v) is 1.79. The number of nitrogen functional groups attached to an aromatic ring is 1. The largest absolute Gasteiger partial charge is 0.485 e. The van der Waals surface area contributed by atoms with Gasteiger partial charge in [0.05, 0.1) is 4.92 Å². The maximum atomic E-state index is 10.6. The first-order valence-corrected chi connectivity index (χ1v) is 4.46. The van der Waals surface area contributed by atoms with E-state index < -0.39 is 4.92 Å². The van der Waals surface area contributed by atoms with Crippen LogP contribution in [0.2, 0.25) is 0 Å². The van der Waals surface area contributed by atoms with Crippen LogP contribution in [-0.4, -0.2) is 25.1 Å². The summed E-state index contributed by atoms with van der Waals surface area (Å²) >= 11 is 0. The van der Waals surface area contributed by atoms with Crippen molar-refractivity contribution in [3.05, 3.63) is 28.3 Å². The summed E-state index contributed by atoms with van der Waals surface area (Å²) in [5.41, 5.74) is 5.89. The number of nitrogens with one attached hydrogen (secondary N) is 1. The summed E-state index contributed by atoms with van der Waals surface area (Å²) in [6.45, 7) is 0.979. The van der Waals surface area contributed by atoms with Gasteiger partial charge in [-0.25, -0.2) is 0 Å². The van der Waals surface area contributed by atoms with Crippen LogP contribution in [0.1, 0.15) is 0 Å². The van der Waals surface area contributed by atoms with Gasteiger partial charge in [0.1, 0.15) is 6.61 Å². The highest BCUT2D eigenvalue weighted by Crippen LogP contribution is 2.28. The van der Waals surface area contributed by atoms with Crippen molar-refractivity contribution in [3.8, 4) is 5.75 Å². The van der Waals surface area contributed by atoms with Gasteiger partial charge < -0.3 is 15.8 Å². The molecule has 82 valence electrons. The Hall–Kier alpha value is -1.82. The molecule has 1 rings (SSSR count). The van der Waals surface area contributed by atoms with E-state index in [9.17, 15) is 10.1 Å². The van der Waals surface area contributed by atoms with Crippen LogP contribution in [0.3, 0.4) is 0 Å². The first-order chi connectivity index (χ1) is 7.15. The molecule has 3 N–H and O–H groups in total. The van der Waals surface area contributed by atoms with Crippen molar-refractivity contribution in [2.24, 2.45) is 0 Å². The highest BCUT2D eigenvalue weighted by atomic mass is 16.6. The number of nitro benzene ring substituents is 1. The number of rotatable bonds is 5. The van der Waals surface area contributed by atoms with Crippen LogP contribution in [0.5, 0.6) is 5.75 Å². The zero-order valence-electron chi connectivity index (χ0n) is 8.40. The number of benzene rings is 1. The molecule has 0 aliphatic rings. The molecule has 0 unspecified atom stereocenters. The van der Waals surface area contributed by atoms with Crippen molar-refractivity contribution in [1.29, 1.82) is 0 Å². The molecule has 6 nitrogen and oxygen atoms in total. The van der Waals surface area contributed by atoms with Gasteiger partial charge in [0.25, 0.3) is 0 Å². The van der Waals surface area contributed by atoms with Crippen molar-refractivity contribution in [2.75, 3.05) is 25.9 Å². The standard InChI is InChI=1S/C9H13N3O3/c1-11-4-5-15-9-6-7(10)2-3-8(9)12(13)14/h2-3,6,11H,4-5,10H2,1H3. The molecule has 1 aromatic rings. The molecule has 0 saturated heterocycles. The molecule has 0 atom stereocenters. The van der Waals surface area contributed by atoms with Gasteiger partial charge in [0, 0.05) is 24.4 Å². The van der Waals surface area contributed by atoms with Gasteiger partial charge in [-0.2, -0.15) is 0 Å². The quantitative estimate of drug-likeness (QED) is 0.325. The smallest absolute Gasteiger partial charge is 0.311 e. The highest BCUT2D eigenvalue weighted by molar-refractivity contribution is 5.55. The SMILES string of the molecule is CNCCOc1cc(N)ccc1[N+](=O)[O-]. The third kappa shape index (κ3) is 3.10. The molecule has 0 amide bonds. The number of anilines is 1. The molecule has 0 fully saturated rings. The second-order valence-electron chi connectivity index (χ2n) is 2.94. The zero-order chi connectivity index (χ0) is 11.3. The Kier molecular flexibility index (Phi) is 3.87. The van der Waals surface area contributed by atoms with Crippen molar-refractivity contribution in [1.82, 2.24) is 5.32 Å². The lowest BCUT2D eigenvalue weighted by Gasteiger charge is -2.06. The van der Waals surface area contributed by atoms with Crippen molar-refractivity contribution >= 4 is 11.4 Å². The fourth-order valence-electron chi connectivity index (χ4n) is 1.06. The second kappa shape index (κ2) is 5.16. The molecular formula is C9H13N3O3. The van der Waals surface area contributed by atoms with Crippen LogP contribution in [0, 0.1) is 10.1 Å². The Bertz CT molecular complexity index is 354. The molecule has 0 spiro atoms. The minimum atomic E-state index is -0.492. The number of likely N-dealkylation sites (N-methyl/N-ethyl adjacent to an activating group) is 1. The van der Waals surface area contributed by atoms with Gasteiger partial charge in [0.2, 0.25) is 0 Å². The first kappa shape index (κ1) is 11.3. The van der Waals surface area contributed by atoms with E-state index in [2.05, 4.69) is 5.32 Å². The molecule has 15 heavy (non-hydrogen) atoms. The Morgan fingerprint density at radius 3 is 2.93 bits per heavy atom. The fourth-order valence-corrected chi connectivity index (χ4v) is 1.06. The molecule has 0 aliphatic heterocycles. The average molecular weight is 211 g/mol. The number of nitrogens with zero attached hydrogens (tertiary/aromatic N) is 1. The maximum Gasteiger partial charge on any atom is 0.311 e. The molecule has 0 saturated carbocycles.